The molecule has 1 atom stereocenters. The molecule has 1 amide bonds. The first-order valence-corrected chi connectivity index (χ1v) is 8.81. The number of methoxy groups -OCH3 is 1. The van der Waals surface area contributed by atoms with Crippen LogP contribution in [-0.2, 0) is 30.3 Å². The second kappa shape index (κ2) is 10.1. The Morgan fingerprint density at radius 2 is 1.96 bits per heavy atom. The third-order valence-electron chi connectivity index (χ3n) is 3.40. The minimum absolute atomic E-state index is 0.283. The topological polar surface area (TPSA) is 81.7 Å². The van der Waals surface area contributed by atoms with Crippen LogP contribution in [0.25, 0.3) is 6.08 Å². The highest BCUT2D eigenvalue weighted by Gasteiger charge is 2.22. The van der Waals surface area contributed by atoms with Gasteiger partial charge >= 0.3 is 11.9 Å². The highest BCUT2D eigenvalue weighted by molar-refractivity contribution is 7.08. The number of carbonyl (C=O) groups excluding carboxylic acids is 3. The molecule has 6 nitrogen and oxygen atoms in total. The van der Waals surface area contributed by atoms with Crippen LogP contribution >= 0.6 is 11.3 Å². The van der Waals surface area contributed by atoms with Crippen molar-refractivity contribution < 1.29 is 23.9 Å². The van der Waals surface area contributed by atoms with Gasteiger partial charge in [0.05, 0.1) is 7.11 Å². The van der Waals surface area contributed by atoms with E-state index in [9.17, 15) is 14.4 Å². The van der Waals surface area contributed by atoms with Crippen LogP contribution < -0.4 is 5.32 Å². The Labute approximate surface area is 155 Å². The lowest BCUT2D eigenvalue weighted by atomic mass is 10.1. The standard InChI is InChI=1S/C19H19NO5S/c1-24-19(23)16(11-14-5-3-2-4-6-14)20-17(21)12-25-18(22)8-7-15-9-10-26-13-15/h2-10,13,16H,11-12H2,1H3,(H,20,21)/b8-7+/t16-/m1/s1. The molecule has 1 aromatic carbocycles. The molecule has 0 aliphatic carbocycles. The van der Waals surface area contributed by atoms with E-state index in [1.54, 1.807) is 6.08 Å². The van der Waals surface area contributed by atoms with Crippen molar-refractivity contribution in [3.05, 3.63) is 64.4 Å². The minimum atomic E-state index is -0.852. The number of benzene rings is 1. The number of esters is 2. The van der Waals surface area contributed by atoms with E-state index in [0.29, 0.717) is 0 Å². The summed E-state index contributed by atoms with van der Waals surface area (Å²) in [6, 6.07) is 10.2. The zero-order chi connectivity index (χ0) is 18.8. The Balaban J connectivity index is 1.84. The number of amides is 1. The minimum Gasteiger partial charge on any atom is -0.467 e. The van der Waals surface area contributed by atoms with E-state index in [1.807, 2.05) is 47.2 Å². The lowest BCUT2D eigenvalue weighted by Crippen LogP contribution is -2.44. The quantitative estimate of drug-likeness (QED) is 0.567. The summed E-state index contributed by atoms with van der Waals surface area (Å²) in [5.74, 6) is -1.77. The summed E-state index contributed by atoms with van der Waals surface area (Å²) in [6.07, 6.45) is 3.13. The molecular formula is C19H19NO5S. The zero-order valence-electron chi connectivity index (χ0n) is 14.2. The summed E-state index contributed by atoms with van der Waals surface area (Å²) in [7, 11) is 1.25. The van der Waals surface area contributed by atoms with Gasteiger partial charge in [-0.3, -0.25) is 4.79 Å². The first kappa shape index (κ1) is 19.4. The zero-order valence-corrected chi connectivity index (χ0v) is 15.0. The molecule has 2 aromatic rings. The molecule has 0 saturated heterocycles. The smallest absolute Gasteiger partial charge is 0.331 e. The summed E-state index contributed by atoms with van der Waals surface area (Å²) in [6.45, 7) is -0.477. The van der Waals surface area contributed by atoms with Gasteiger partial charge in [-0.1, -0.05) is 30.3 Å². The van der Waals surface area contributed by atoms with E-state index in [4.69, 9.17) is 9.47 Å². The number of ether oxygens (including phenoxy) is 2. The van der Waals surface area contributed by atoms with Gasteiger partial charge in [-0.2, -0.15) is 11.3 Å². The Kier molecular flexibility index (Phi) is 7.57. The molecule has 0 radical (unpaired) electrons. The molecule has 0 bridgehead atoms. The van der Waals surface area contributed by atoms with E-state index < -0.39 is 30.5 Å². The SMILES string of the molecule is COC(=O)[C@@H](Cc1ccccc1)NC(=O)COC(=O)/C=C/c1ccsc1. The summed E-state index contributed by atoms with van der Waals surface area (Å²) in [5, 5.41) is 6.29. The molecule has 1 N–H and O–H groups in total. The van der Waals surface area contributed by atoms with Crippen molar-refractivity contribution in [2.45, 2.75) is 12.5 Å². The van der Waals surface area contributed by atoms with Crippen LogP contribution in [0.3, 0.4) is 0 Å². The normalized spacial score (nSPS) is 11.7. The average Bonchev–Trinajstić information content (AvgIpc) is 3.18. The summed E-state index contributed by atoms with van der Waals surface area (Å²) in [4.78, 5) is 35.5. The molecule has 0 aliphatic heterocycles. The lowest BCUT2D eigenvalue weighted by Gasteiger charge is -2.16. The number of nitrogens with one attached hydrogen (secondary N) is 1. The monoisotopic (exact) mass is 373 g/mol. The fraction of sp³-hybridized carbons (Fsp3) is 0.211. The van der Waals surface area contributed by atoms with Crippen molar-refractivity contribution in [3.63, 3.8) is 0 Å². The van der Waals surface area contributed by atoms with Gasteiger partial charge in [-0.05, 0) is 34.0 Å². The second-order valence-corrected chi connectivity index (χ2v) is 6.11. The van der Waals surface area contributed by atoms with E-state index in [0.717, 1.165) is 11.1 Å². The predicted octanol–water partition coefficient (Wildman–Crippen LogP) is 2.21. The highest BCUT2D eigenvalue weighted by Crippen LogP contribution is 2.08. The van der Waals surface area contributed by atoms with Crippen molar-refractivity contribution >= 4 is 35.3 Å². The number of thiophene rings is 1. The third kappa shape index (κ3) is 6.52. The molecule has 0 spiro atoms. The van der Waals surface area contributed by atoms with E-state index >= 15 is 0 Å². The summed E-state index contributed by atoms with van der Waals surface area (Å²) < 4.78 is 9.60. The highest BCUT2D eigenvalue weighted by atomic mass is 32.1. The first-order valence-electron chi connectivity index (χ1n) is 7.86. The second-order valence-electron chi connectivity index (χ2n) is 5.33. The molecule has 0 fully saturated rings. The van der Waals surface area contributed by atoms with Crippen LogP contribution in [0.15, 0.2) is 53.2 Å². The first-order chi connectivity index (χ1) is 12.6. The maximum atomic E-state index is 12.0. The van der Waals surface area contributed by atoms with Crippen LogP contribution in [0, 0.1) is 0 Å². The Morgan fingerprint density at radius 1 is 1.19 bits per heavy atom. The van der Waals surface area contributed by atoms with Gasteiger partial charge in [0.15, 0.2) is 6.61 Å². The van der Waals surface area contributed by atoms with Crippen LogP contribution in [0.4, 0.5) is 0 Å². The average molecular weight is 373 g/mol. The van der Waals surface area contributed by atoms with Gasteiger partial charge in [0, 0.05) is 12.5 Å². The maximum absolute atomic E-state index is 12.0. The van der Waals surface area contributed by atoms with Crippen molar-refractivity contribution in [3.8, 4) is 0 Å². The molecular weight excluding hydrogens is 354 g/mol. The van der Waals surface area contributed by atoms with Crippen LogP contribution in [0.1, 0.15) is 11.1 Å². The van der Waals surface area contributed by atoms with Gasteiger partial charge in [0.1, 0.15) is 6.04 Å². The summed E-state index contributed by atoms with van der Waals surface area (Å²) in [5.41, 5.74) is 1.75. The maximum Gasteiger partial charge on any atom is 0.331 e. The van der Waals surface area contributed by atoms with Crippen LogP contribution in [-0.4, -0.2) is 37.6 Å². The predicted molar refractivity (Wildman–Crippen MR) is 98.4 cm³/mol. The van der Waals surface area contributed by atoms with E-state index in [2.05, 4.69) is 5.32 Å². The van der Waals surface area contributed by atoms with Crippen LogP contribution in [0.2, 0.25) is 0 Å². The molecule has 0 aliphatic rings. The fourth-order valence-electron chi connectivity index (χ4n) is 2.14. The number of hydrogen-bond donors (Lipinski definition) is 1. The molecule has 2 rings (SSSR count). The Morgan fingerprint density at radius 3 is 2.62 bits per heavy atom. The van der Waals surface area contributed by atoms with Gasteiger partial charge in [0.25, 0.3) is 5.91 Å². The molecule has 1 aromatic heterocycles. The molecule has 7 heteroatoms. The number of rotatable bonds is 8. The van der Waals surface area contributed by atoms with Gasteiger partial charge in [0.2, 0.25) is 0 Å². The van der Waals surface area contributed by atoms with Crippen molar-refractivity contribution in [2.24, 2.45) is 0 Å². The lowest BCUT2D eigenvalue weighted by molar-refractivity contribution is -0.147. The molecule has 136 valence electrons. The molecule has 26 heavy (non-hydrogen) atoms. The summed E-state index contributed by atoms with van der Waals surface area (Å²) >= 11 is 1.51. The van der Waals surface area contributed by atoms with Crippen LogP contribution in [0.5, 0.6) is 0 Å². The largest absolute Gasteiger partial charge is 0.467 e. The van der Waals surface area contributed by atoms with E-state index in [-0.39, 0.29) is 6.42 Å². The fourth-order valence-corrected chi connectivity index (χ4v) is 2.77. The van der Waals surface area contributed by atoms with Gasteiger partial charge < -0.3 is 14.8 Å². The van der Waals surface area contributed by atoms with Gasteiger partial charge in [-0.25, -0.2) is 9.59 Å². The van der Waals surface area contributed by atoms with Crippen molar-refractivity contribution in [2.75, 3.05) is 13.7 Å². The van der Waals surface area contributed by atoms with Gasteiger partial charge in [-0.15, -0.1) is 0 Å². The van der Waals surface area contributed by atoms with Crippen molar-refractivity contribution in [1.82, 2.24) is 5.32 Å². The molecule has 0 saturated carbocycles. The third-order valence-corrected chi connectivity index (χ3v) is 4.11. The number of carbonyl (C=O) groups is 3. The van der Waals surface area contributed by atoms with E-state index in [1.165, 1.54) is 24.5 Å². The molecule has 0 unspecified atom stereocenters. The number of hydrogen-bond acceptors (Lipinski definition) is 6. The Bertz CT molecular complexity index is 756. The molecule has 1 heterocycles. The Hall–Kier alpha value is -2.93. The van der Waals surface area contributed by atoms with Crippen molar-refractivity contribution in [1.29, 1.82) is 0 Å².